The van der Waals surface area contributed by atoms with Crippen LogP contribution in [0.25, 0.3) is 0 Å². The molecule has 0 fully saturated rings. The molecule has 1 aromatic heterocycles. The number of anilines is 1. The molecule has 18 heavy (non-hydrogen) atoms. The molecule has 6 nitrogen and oxygen atoms in total. The van der Waals surface area contributed by atoms with Crippen molar-refractivity contribution in [2.45, 2.75) is 18.5 Å². The summed E-state index contributed by atoms with van der Waals surface area (Å²) >= 11 is 7.01. The first-order valence-corrected chi connectivity index (χ1v) is 8.79. The third kappa shape index (κ3) is 6.36. The Morgan fingerprint density at radius 1 is 1.33 bits per heavy atom. The maximum absolute atomic E-state index is 11.0. The van der Waals surface area contributed by atoms with E-state index < -0.39 is 9.84 Å². The van der Waals surface area contributed by atoms with Gasteiger partial charge in [-0.3, -0.25) is 0 Å². The molecule has 0 aliphatic carbocycles. The minimum absolute atomic E-state index is 0.0820. The Morgan fingerprint density at radius 3 is 2.67 bits per heavy atom. The molecular weight excluding hydrogens is 296 g/mol. The van der Waals surface area contributed by atoms with Crippen molar-refractivity contribution < 1.29 is 8.42 Å². The molecule has 1 rings (SSSR count). The van der Waals surface area contributed by atoms with Gasteiger partial charge in [0.05, 0.1) is 5.75 Å². The van der Waals surface area contributed by atoms with Gasteiger partial charge in [-0.05, 0) is 18.0 Å². The first-order chi connectivity index (χ1) is 8.40. The Bertz CT molecular complexity index is 495. The van der Waals surface area contributed by atoms with Crippen molar-refractivity contribution in [3.63, 3.8) is 0 Å². The van der Waals surface area contributed by atoms with Crippen LogP contribution in [0.3, 0.4) is 0 Å². The Labute approximate surface area is 116 Å². The minimum Gasteiger partial charge on any atom is -0.354 e. The quantitative estimate of drug-likeness (QED) is 0.763. The van der Waals surface area contributed by atoms with Gasteiger partial charge in [0.25, 0.3) is 0 Å². The van der Waals surface area contributed by atoms with Crippen molar-refractivity contribution in [1.29, 1.82) is 0 Å². The first-order valence-electron chi connectivity index (χ1n) is 5.36. The molecule has 0 spiro atoms. The van der Waals surface area contributed by atoms with Crippen molar-refractivity contribution >= 4 is 39.1 Å². The summed E-state index contributed by atoms with van der Waals surface area (Å²) in [5, 5.41) is 3.53. The van der Waals surface area contributed by atoms with Crippen LogP contribution in [0.2, 0.25) is 5.28 Å². The predicted octanol–water partition coefficient (Wildman–Crippen LogP) is 1.48. The van der Waals surface area contributed by atoms with Crippen molar-refractivity contribution in [3.8, 4) is 0 Å². The van der Waals surface area contributed by atoms with E-state index in [1.807, 2.05) is 6.92 Å². The summed E-state index contributed by atoms with van der Waals surface area (Å²) in [7, 11) is -2.97. The highest BCUT2D eigenvalue weighted by Crippen LogP contribution is 2.16. The molecule has 1 aromatic rings. The molecule has 1 heterocycles. The molecule has 9 heteroatoms. The van der Waals surface area contributed by atoms with E-state index in [1.54, 1.807) is 0 Å². The van der Waals surface area contributed by atoms with Gasteiger partial charge in [0.2, 0.25) is 11.2 Å². The summed E-state index contributed by atoms with van der Waals surface area (Å²) in [4.78, 5) is 12.0. The third-order valence-electron chi connectivity index (χ3n) is 1.81. The normalized spacial score (nSPS) is 11.5. The van der Waals surface area contributed by atoms with Crippen LogP contribution in [0.1, 0.15) is 13.3 Å². The molecule has 0 saturated heterocycles. The molecule has 0 bridgehead atoms. The van der Waals surface area contributed by atoms with Gasteiger partial charge in [-0.15, -0.1) is 0 Å². The number of halogens is 1. The Kier molecular flexibility index (Phi) is 6.10. The second-order valence-electron chi connectivity index (χ2n) is 3.62. The van der Waals surface area contributed by atoms with Gasteiger partial charge in [-0.2, -0.15) is 15.0 Å². The molecule has 0 unspecified atom stereocenters. The van der Waals surface area contributed by atoms with Crippen LogP contribution in [0, 0.1) is 0 Å². The number of hydrogen-bond acceptors (Lipinski definition) is 7. The fourth-order valence-electron chi connectivity index (χ4n) is 0.997. The average Bonchev–Trinajstić information content (AvgIpc) is 2.24. The Balaban J connectivity index is 2.62. The predicted molar refractivity (Wildman–Crippen MR) is 74.1 cm³/mol. The lowest BCUT2D eigenvalue weighted by Crippen LogP contribution is -2.08. The highest BCUT2D eigenvalue weighted by Gasteiger charge is 2.07. The molecule has 0 saturated carbocycles. The van der Waals surface area contributed by atoms with Crippen LogP contribution in [-0.2, 0) is 9.84 Å². The fourth-order valence-corrected chi connectivity index (χ4v) is 3.24. The van der Waals surface area contributed by atoms with Crippen LogP contribution in [0.5, 0.6) is 0 Å². The van der Waals surface area contributed by atoms with Gasteiger partial charge in [-0.25, -0.2) is 8.42 Å². The number of aromatic nitrogens is 3. The van der Waals surface area contributed by atoms with Gasteiger partial charge in [-0.1, -0.05) is 18.7 Å². The summed E-state index contributed by atoms with van der Waals surface area (Å²) in [6.07, 6.45) is 2.14. The van der Waals surface area contributed by atoms with E-state index in [4.69, 9.17) is 11.6 Å². The number of nitrogens with zero attached hydrogens (tertiary/aromatic N) is 3. The topological polar surface area (TPSA) is 84.8 Å². The molecule has 0 amide bonds. The lowest BCUT2D eigenvalue weighted by molar-refractivity contribution is 0.603. The van der Waals surface area contributed by atoms with Crippen molar-refractivity contribution in [1.82, 2.24) is 15.0 Å². The standard InChI is InChI=1S/C9H15ClN4O2S2/c1-3-4-11-8-12-7(10)13-9(14-8)17-5-6-18(2,15)16/h3-6H2,1-2H3,(H,11,12,13,14). The van der Waals surface area contributed by atoms with Crippen molar-refractivity contribution in [3.05, 3.63) is 5.28 Å². The second-order valence-corrected chi connectivity index (χ2v) is 7.28. The number of sulfone groups is 1. The smallest absolute Gasteiger partial charge is 0.228 e. The molecule has 0 radical (unpaired) electrons. The highest BCUT2D eigenvalue weighted by molar-refractivity contribution is 8.00. The molecule has 0 aliphatic heterocycles. The lowest BCUT2D eigenvalue weighted by atomic mass is 10.5. The molecule has 1 N–H and O–H groups in total. The van der Waals surface area contributed by atoms with E-state index in [9.17, 15) is 8.42 Å². The van der Waals surface area contributed by atoms with Gasteiger partial charge in [0.1, 0.15) is 9.84 Å². The zero-order valence-electron chi connectivity index (χ0n) is 10.2. The second kappa shape index (κ2) is 7.10. The fraction of sp³-hybridized carbons (Fsp3) is 0.667. The summed E-state index contributed by atoms with van der Waals surface area (Å²) in [5.41, 5.74) is 0. The highest BCUT2D eigenvalue weighted by atomic mass is 35.5. The Morgan fingerprint density at radius 2 is 2.06 bits per heavy atom. The van der Waals surface area contributed by atoms with Crippen LogP contribution in [-0.4, -0.2) is 47.7 Å². The lowest BCUT2D eigenvalue weighted by Gasteiger charge is -2.05. The SMILES string of the molecule is CCCNc1nc(Cl)nc(SCCS(C)(=O)=O)n1. The van der Waals surface area contributed by atoms with Gasteiger partial charge in [0, 0.05) is 18.6 Å². The number of thioether (sulfide) groups is 1. The van der Waals surface area contributed by atoms with Crippen LogP contribution in [0.15, 0.2) is 5.16 Å². The van der Waals surface area contributed by atoms with E-state index in [2.05, 4.69) is 20.3 Å². The molecule has 0 aromatic carbocycles. The number of nitrogens with one attached hydrogen (secondary N) is 1. The minimum atomic E-state index is -2.97. The maximum atomic E-state index is 11.0. The van der Waals surface area contributed by atoms with Crippen molar-refractivity contribution in [2.24, 2.45) is 0 Å². The molecule has 0 atom stereocenters. The molecular formula is C9H15ClN4O2S2. The van der Waals surface area contributed by atoms with E-state index in [1.165, 1.54) is 18.0 Å². The number of hydrogen-bond donors (Lipinski definition) is 1. The molecule has 102 valence electrons. The number of rotatable bonds is 7. The van der Waals surface area contributed by atoms with Crippen LogP contribution < -0.4 is 5.32 Å². The van der Waals surface area contributed by atoms with Crippen LogP contribution in [0.4, 0.5) is 5.95 Å². The summed E-state index contributed by atoms with van der Waals surface area (Å²) in [6, 6.07) is 0. The van der Waals surface area contributed by atoms with Gasteiger partial charge < -0.3 is 5.32 Å². The monoisotopic (exact) mass is 310 g/mol. The van der Waals surface area contributed by atoms with E-state index >= 15 is 0 Å². The summed E-state index contributed by atoms with van der Waals surface area (Å²) < 4.78 is 22.0. The van der Waals surface area contributed by atoms with E-state index in [-0.39, 0.29) is 11.0 Å². The zero-order valence-corrected chi connectivity index (χ0v) is 12.6. The zero-order chi connectivity index (χ0) is 13.6. The largest absolute Gasteiger partial charge is 0.354 e. The third-order valence-corrected chi connectivity index (χ3v) is 4.03. The van der Waals surface area contributed by atoms with Gasteiger partial charge >= 0.3 is 0 Å². The molecule has 0 aliphatic rings. The average molecular weight is 311 g/mol. The summed E-state index contributed by atoms with van der Waals surface area (Å²) in [5.74, 6) is 0.893. The Hall–Kier alpha value is -0.600. The van der Waals surface area contributed by atoms with Crippen LogP contribution >= 0.6 is 23.4 Å². The maximum Gasteiger partial charge on any atom is 0.228 e. The van der Waals surface area contributed by atoms with E-state index in [0.717, 1.165) is 13.0 Å². The van der Waals surface area contributed by atoms with Gasteiger partial charge in [0.15, 0.2) is 5.16 Å². The summed E-state index contributed by atoms with van der Waals surface area (Å²) in [6.45, 7) is 2.77. The van der Waals surface area contributed by atoms with Crippen molar-refractivity contribution in [2.75, 3.05) is 29.6 Å². The first kappa shape index (κ1) is 15.5. The van der Waals surface area contributed by atoms with E-state index in [0.29, 0.717) is 16.9 Å².